The summed E-state index contributed by atoms with van der Waals surface area (Å²) in [5.41, 5.74) is 6.35. The van der Waals surface area contributed by atoms with Crippen molar-refractivity contribution in [2.24, 2.45) is 5.84 Å². The van der Waals surface area contributed by atoms with E-state index >= 15 is 0 Å². The Balaban J connectivity index is 1.72. The fourth-order valence-electron chi connectivity index (χ4n) is 2.76. The number of benzene rings is 1. The maximum atomic E-state index is 6.24. The molecule has 1 aromatic heterocycles. The summed E-state index contributed by atoms with van der Waals surface area (Å²) < 4.78 is 0. The van der Waals surface area contributed by atoms with Gasteiger partial charge in [0.1, 0.15) is 5.82 Å². The summed E-state index contributed by atoms with van der Waals surface area (Å²) in [7, 11) is 0. The van der Waals surface area contributed by atoms with E-state index in [2.05, 4.69) is 39.6 Å². The zero-order valence-electron chi connectivity index (χ0n) is 11.8. The molecule has 0 radical (unpaired) electrons. The normalized spacial score (nSPS) is 15.3. The zero-order valence-corrected chi connectivity index (χ0v) is 12.6. The lowest BCUT2D eigenvalue weighted by Gasteiger charge is -2.20. The molecule has 4 nitrogen and oxygen atoms in total. The van der Waals surface area contributed by atoms with Gasteiger partial charge in [-0.05, 0) is 36.1 Å². The summed E-state index contributed by atoms with van der Waals surface area (Å²) in [6, 6.07) is 12.3. The third kappa shape index (κ3) is 3.35. The van der Waals surface area contributed by atoms with Crippen LogP contribution in [0, 0.1) is 0 Å². The van der Waals surface area contributed by atoms with E-state index in [9.17, 15) is 0 Å². The molecule has 0 atom stereocenters. The highest BCUT2D eigenvalue weighted by Crippen LogP contribution is 2.21. The Kier molecular flexibility index (Phi) is 4.39. The van der Waals surface area contributed by atoms with Crippen molar-refractivity contribution in [2.45, 2.75) is 19.4 Å². The van der Waals surface area contributed by atoms with Crippen LogP contribution >= 0.6 is 11.6 Å². The molecule has 110 valence electrons. The van der Waals surface area contributed by atoms with Crippen molar-refractivity contribution in [3.63, 3.8) is 0 Å². The van der Waals surface area contributed by atoms with Crippen molar-refractivity contribution in [3.8, 4) is 0 Å². The van der Waals surface area contributed by atoms with E-state index in [1.54, 1.807) is 6.07 Å². The van der Waals surface area contributed by atoms with Gasteiger partial charge in [0.25, 0.3) is 0 Å². The van der Waals surface area contributed by atoms with Gasteiger partial charge in [0.15, 0.2) is 0 Å². The second-order valence-corrected chi connectivity index (χ2v) is 5.72. The molecule has 3 N–H and O–H groups in total. The number of halogens is 1. The van der Waals surface area contributed by atoms with Crippen LogP contribution in [0.3, 0.4) is 0 Å². The number of fused-ring (bicyclic) bond motifs is 1. The van der Waals surface area contributed by atoms with E-state index in [1.165, 1.54) is 11.1 Å². The molecule has 0 aliphatic carbocycles. The summed E-state index contributed by atoms with van der Waals surface area (Å²) in [5, 5.41) is 0.691. The van der Waals surface area contributed by atoms with Gasteiger partial charge in [-0.1, -0.05) is 35.9 Å². The maximum Gasteiger partial charge on any atom is 0.140 e. The number of anilines is 1. The zero-order chi connectivity index (χ0) is 14.7. The SMILES string of the molecule is NNc1ccc(Cl)c(CN2CCc3ccccc3CC2)n1. The predicted octanol–water partition coefficient (Wildman–Crippen LogP) is 2.62. The highest BCUT2D eigenvalue weighted by atomic mass is 35.5. The lowest BCUT2D eigenvalue weighted by molar-refractivity contribution is 0.276. The van der Waals surface area contributed by atoms with Crippen molar-refractivity contribution in [2.75, 3.05) is 18.5 Å². The molecule has 0 fully saturated rings. The molecule has 0 saturated carbocycles. The number of nitrogen functional groups attached to an aromatic ring is 1. The number of hydrogen-bond donors (Lipinski definition) is 2. The summed E-state index contributed by atoms with van der Waals surface area (Å²) in [6.07, 6.45) is 2.14. The number of nitrogens with zero attached hydrogens (tertiary/aromatic N) is 2. The Morgan fingerprint density at radius 2 is 1.76 bits per heavy atom. The first-order valence-corrected chi connectivity index (χ1v) is 7.55. The quantitative estimate of drug-likeness (QED) is 0.676. The van der Waals surface area contributed by atoms with Crippen LogP contribution in [0.25, 0.3) is 0 Å². The third-order valence-corrected chi connectivity index (χ3v) is 4.30. The molecule has 1 aromatic carbocycles. The van der Waals surface area contributed by atoms with E-state index in [4.69, 9.17) is 17.4 Å². The molecule has 1 aliphatic heterocycles. The summed E-state index contributed by atoms with van der Waals surface area (Å²) in [4.78, 5) is 6.85. The van der Waals surface area contributed by atoms with Gasteiger partial charge >= 0.3 is 0 Å². The Morgan fingerprint density at radius 1 is 1.10 bits per heavy atom. The standard InChI is InChI=1S/C16H19ClN4/c17-14-5-6-16(20-18)19-15(14)11-21-9-7-12-3-1-2-4-13(12)8-10-21/h1-6H,7-11,18H2,(H,19,20). The second-order valence-electron chi connectivity index (χ2n) is 5.31. The van der Waals surface area contributed by atoms with Crippen LogP contribution in [0.4, 0.5) is 5.82 Å². The minimum atomic E-state index is 0.646. The highest BCUT2D eigenvalue weighted by molar-refractivity contribution is 6.31. The van der Waals surface area contributed by atoms with Crippen LogP contribution in [-0.2, 0) is 19.4 Å². The van der Waals surface area contributed by atoms with Crippen molar-refractivity contribution in [1.29, 1.82) is 0 Å². The summed E-state index contributed by atoms with van der Waals surface area (Å²) >= 11 is 6.24. The van der Waals surface area contributed by atoms with E-state index < -0.39 is 0 Å². The fraction of sp³-hybridized carbons (Fsp3) is 0.312. The van der Waals surface area contributed by atoms with Crippen molar-refractivity contribution in [1.82, 2.24) is 9.88 Å². The average Bonchev–Trinajstić information content (AvgIpc) is 2.72. The molecule has 0 amide bonds. The highest BCUT2D eigenvalue weighted by Gasteiger charge is 2.15. The minimum Gasteiger partial charge on any atom is -0.308 e. The van der Waals surface area contributed by atoms with E-state index in [0.29, 0.717) is 10.8 Å². The Morgan fingerprint density at radius 3 is 2.38 bits per heavy atom. The van der Waals surface area contributed by atoms with Gasteiger partial charge in [0.2, 0.25) is 0 Å². The average molecular weight is 303 g/mol. The topological polar surface area (TPSA) is 54.2 Å². The van der Waals surface area contributed by atoms with E-state index in [1.807, 2.05) is 6.07 Å². The molecule has 0 spiro atoms. The molecule has 2 heterocycles. The number of nitrogens with two attached hydrogens (primary N) is 1. The second kappa shape index (κ2) is 6.43. The number of hydrogen-bond acceptors (Lipinski definition) is 4. The molecule has 1 aliphatic rings. The number of rotatable bonds is 3. The van der Waals surface area contributed by atoms with E-state index in [0.717, 1.165) is 38.2 Å². The van der Waals surface area contributed by atoms with Gasteiger partial charge in [0, 0.05) is 19.6 Å². The molecule has 3 rings (SSSR count). The van der Waals surface area contributed by atoms with Crippen LogP contribution < -0.4 is 11.3 Å². The lowest BCUT2D eigenvalue weighted by Crippen LogP contribution is -2.26. The minimum absolute atomic E-state index is 0.646. The molecule has 5 heteroatoms. The largest absolute Gasteiger partial charge is 0.308 e. The molecular weight excluding hydrogens is 284 g/mol. The number of aromatic nitrogens is 1. The molecule has 0 saturated heterocycles. The van der Waals surface area contributed by atoms with Crippen molar-refractivity contribution >= 4 is 17.4 Å². The Bertz CT molecular complexity index is 602. The van der Waals surface area contributed by atoms with Gasteiger partial charge in [-0.2, -0.15) is 0 Å². The van der Waals surface area contributed by atoms with Gasteiger partial charge < -0.3 is 5.43 Å². The fourth-order valence-corrected chi connectivity index (χ4v) is 2.92. The Labute approximate surface area is 129 Å². The number of pyridine rings is 1. The lowest BCUT2D eigenvalue weighted by atomic mass is 10.0. The molecule has 0 unspecified atom stereocenters. The van der Waals surface area contributed by atoms with Gasteiger partial charge in [0.05, 0.1) is 10.7 Å². The molecule has 0 bridgehead atoms. The first-order chi connectivity index (χ1) is 10.3. The number of hydrazine groups is 1. The van der Waals surface area contributed by atoms with Crippen LogP contribution in [0.2, 0.25) is 5.02 Å². The smallest absolute Gasteiger partial charge is 0.140 e. The predicted molar refractivity (Wildman–Crippen MR) is 86.2 cm³/mol. The summed E-state index contributed by atoms with van der Waals surface area (Å²) in [6.45, 7) is 2.80. The van der Waals surface area contributed by atoms with Crippen LogP contribution in [0.15, 0.2) is 36.4 Å². The van der Waals surface area contributed by atoms with Gasteiger partial charge in [-0.25, -0.2) is 10.8 Å². The van der Waals surface area contributed by atoms with Crippen molar-refractivity contribution < 1.29 is 0 Å². The van der Waals surface area contributed by atoms with Crippen LogP contribution in [-0.4, -0.2) is 23.0 Å². The first-order valence-electron chi connectivity index (χ1n) is 7.17. The maximum absolute atomic E-state index is 6.24. The van der Waals surface area contributed by atoms with Gasteiger partial charge in [-0.15, -0.1) is 0 Å². The van der Waals surface area contributed by atoms with Crippen LogP contribution in [0.5, 0.6) is 0 Å². The number of nitrogens with one attached hydrogen (secondary N) is 1. The van der Waals surface area contributed by atoms with Gasteiger partial charge in [-0.3, -0.25) is 4.90 Å². The Hall–Kier alpha value is -1.62. The molecular formula is C16H19ClN4. The third-order valence-electron chi connectivity index (χ3n) is 3.95. The van der Waals surface area contributed by atoms with Crippen molar-refractivity contribution in [3.05, 3.63) is 58.2 Å². The monoisotopic (exact) mass is 302 g/mol. The molecule has 2 aromatic rings. The van der Waals surface area contributed by atoms with E-state index in [-0.39, 0.29) is 0 Å². The van der Waals surface area contributed by atoms with Crippen LogP contribution in [0.1, 0.15) is 16.8 Å². The first kappa shape index (κ1) is 14.3. The summed E-state index contributed by atoms with van der Waals surface area (Å²) in [5.74, 6) is 6.06. The molecule has 21 heavy (non-hydrogen) atoms.